The second-order valence-electron chi connectivity index (χ2n) is 2.49. The van der Waals surface area contributed by atoms with Gasteiger partial charge in [-0.1, -0.05) is 0 Å². The third-order valence-electron chi connectivity index (χ3n) is 1.45. The zero-order chi connectivity index (χ0) is 9.68. The van der Waals surface area contributed by atoms with Crippen LogP contribution in [0.5, 0.6) is 5.75 Å². The van der Waals surface area contributed by atoms with Crippen molar-refractivity contribution < 1.29 is 4.74 Å². The van der Waals surface area contributed by atoms with Gasteiger partial charge in [0.2, 0.25) is 0 Å². The quantitative estimate of drug-likeness (QED) is 0.438. The molecule has 0 saturated heterocycles. The standard InChI is InChI=1S/C9H12N2OS/c1-12-7-2-4-8(5-3-7)13-6-9(10)11/h2-5H,6H2,1H3,(H3,10,11). The number of hydrogen-bond donors (Lipinski definition) is 2. The molecule has 1 rings (SSSR count). The summed E-state index contributed by atoms with van der Waals surface area (Å²) in [6, 6.07) is 7.68. The van der Waals surface area contributed by atoms with Crippen molar-refractivity contribution in [2.75, 3.05) is 12.9 Å². The van der Waals surface area contributed by atoms with E-state index in [4.69, 9.17) is 15.9 Å². The summed E-state index contributed by atoms with van der Waals surface area (Å²) in [6.45, 7) is 0. The molecule has 0 saturated carbocycles. The maximum Gasteiger partial charge on any atom is 0.118 e. The van der Waals surface area contributed by atoms with Gasteiger partial charge in [-0.3, -0.25) is 5.41 Å². The smallest absolute Gasteiger partial charge is 0.118 e. The third-order valence-corrected chi connectivity index (χ3v) is 2.51. The Balaban J connectivity index is 2.54. The highest BCUT2D eigenvalue weighted by molar-refractivity contribution is 8.00. The van der Waals surface area contributed by atoms with Crippen molar-refractivity contribution in [3.8, 4) is 5.75 Å². The molecule has 0 fully saturated rings. The Hall–Kier alpha value is -1.16. The van der Waals surface area contributed by atoms with E-state index < -0.39 is 0 Å². The summed E-state index contributed by atoms with van der Waals surface area (Å²) >= 11 is 1.54. The van der Waals surface area contributed by atoms with Gasteiger partial charge in [0, 0.05) is 4.90 Å². The van der Waals surface area contributed by atoms with Crippen molar-refractivity contribution in [3.63, 3.8) is 0 Å². The molecule has 0 unspecified atom stereocenters. The van der Waals surface area contributed by atoms with Crippen LogP contribution in [-0.2, 0) is 0 Å². The maximum atomic E-state index is 7.05. The van der Waals surface area contributed by atoms with E-state index in [1.807, 2.05) is 24.3 Å². The lowest BCUT2D eigenvalue weighted by molar-refractivity contribution is 0.414. The van der Waals surface area contributed by atoms with Gasteiger partial charge in [-0.2, -0.15) is 0 Å². The van der Waals surface area contributed by atoms with Gasteiger partial charge >= 0.3 is 0 Å². The number of ether oxygens (including phenoxy) is 1. The summed E-state index contributed by atoms with van der Waals surface area (Å²) in [6.07, 6.45) is 0. The molecule has 3 nitrogen and oxygen atoms in total. The van der Waals surface area contributed by atoms with Crippen molar-refractivity contribution in [3.05, 3.63) is 24.3 Å². The van der Waals surface area contributed by atoms with Crippen LogP contribution in [0.1, 0.15) is 0 Å². The zero-order valence-corrected chi connectivity index (χ0v) is 8.23. The lowest BCUT2D eigenvalue weighted by Gasteiger charge is -2.02. The first-order valence-electron chi connectivity index (χ1n) is 3.82. The number of thioether (sulfide) groups is 1. The molecule has 1 aromatic carbocycles. The first-order chi connectivity index (χ1) is 6.22. The van der Waals surface area contributed by atoms with Gasteiger partial charge in [0.1, 0.15) is 11.6 Å². The molecule has 0 bridgehead atoms. The molecule has 1 aromatic rings. The Kier molecular flexibility index (Phi) is 3.64. The van der Waals surface area contributed by atoms with E-state index in [0.29, 0.717) is 5.75 Å². The van der Waals surface area contributed by atoms with Crippen LogP contribution in [0.2, 0.25) is 0 Å². The van der Waals surface area contributed by atoms with E-state index in [9.17, 15) is 0 Å². The topological polar surface area (TPSA) is 59.1 Å². The lowest BCUT2D eigenvalue weighted by Crippen LogP contribution is -2.11. The predicted octanol–water partition coefficient (Wildman–Crippen LogP) is 1.72. The monoisotopic (exact) mass is 196 g/mol. The van der Waals surface area contributed by atoms with E-state index in [2.05, 4.69) is 0 Å². The second kappa shape index (κ2) is 4.77. The molecular formula is C9H12N2OS. The fourth-order valence-electron chi connectivity index (χ4n) is 0.833. The van der Waals surface area contributed by atoms with Crippen LogP contribution >= 0.6 is 11.8 Å². The lowest BCUT2D eigenvalue weighted by atomic mass is 10.3. The minimum Gasteiger partial charge on any atom is -0.497 e. The molecule has 0 aliphatic heterocycles. The minimum absolute atomic E-state index is 0.195. The van der Waals surface area contributed by atoms with E-state index >= 15 is 0 Å². The number of nitrogens with one attached hydrogen (secondary N) is 1. The first kappa shape index (κ1) is 9.92. The van der Waals surface area contributed by atoms with Crippen LogP contribution in [0.3, 0.4) is 0 Å². The average Bonchev–Trinajstić information content (AvgIpc) is 2.15. The Morgan fingerprint density at radius 1 is 1.46 bits per heavy atom. The Morgan fingerprint density at radius 3 is 2.54 bits per heavy atom. The van der Waals surface area contributed by atoms with Gasteiger partial charge in [-0.25, -0.2) is 0 Å². The summed E-state index contributed by atoms with van der Waals surface area (Å²) in [4.78, 5) is 1.09. The summed E-state index contributed by atoms with van der Waals surface area (Å²) in [7, 11) is 1.64. The number of amidine groups is 1. The average molecular weight is 196 g/mol. The van der Waals surface area contributed by atoms with E-state index in [1.165, 1.54) is 0 Å². The molecule has 0 aromatic heterocycles. The first-order valence-corrected chi connectivity index (χ1v) is 4.80. The van der Waals surface area contributed by atoms with Gasteiger partial charge in [0.25, 0.3) is 0 Å². The van der Waals surface area contributed by atoms with Crippen LogP contribution < -0.4 is 10.5 Å². The van der Waals surface area contributed by atoms with Crippen molar-refractivity contribution in [1.82, 2.24) is 0 Å². The Bertz CT molecular complexity index is 284. The second-order valence-corrected chi connectivity index (χ2v) is 3.54. The van der Waals surface area contributed by atoms with Crippen LogP contribution in [0.4, 0.5) is 0 Å². The Labute approximate surface area is 81.8 Å². The number of benzene rings is 1. The number of rotatable bonds is 4. The molecule has 0 aliphatic carbocycles. The molecular weight excluding hydrogens is 184 g/mol. The van der Waals surface area contributed by atoms with E-state index in [1.54, 1.807) is 18.9 Å². The van der Waals surface area contributed by atoms with Crippen molar-refractivity contribution in [1.29, 1.82) is 5.41 Å². The van der Waals surface area contributed by atoms with Gasteiger partial charge in [-0.05, 0) is 24.3 Å². The van der Waals surface area contributed by atoms with Gasteiger partial charge in [0.05, 0.1) is 12.9 Å². The molecule has 0 amide bonds. The predicted molar refractivity (Wildman–Crippen MR) is 55.6 cm³/mol. The molecule has 13 heavy (non-hydrogen) atoms. The molecule has 0 radical (unpaired) electrons. The molecule has 0 aliphatic rings. The molecule has 0 atom stereocenters. The van der Waals surface area contributed by atoms with Crippen molar-refractivity contribution in [2.45, 2.75) is 4.90 Å². The Morgan fingerprint density at radius 2 is 2.08 bits per heavy atom. The fourth-order valence-corrected chi connectivity index (χ4v) is 1.48. The molecule has 0 heterocycles. The number of methoxy groups -OCH3 is 1. The van der Waals surface area contributed by atoms with Crippen LogP contribution in [0.15, 0.2) is 29.2 Å². The minimum atomic E-state index is 0.195. The summed E-state index contributed by atoms with van der Waals surface area (Å²) in [5.41, 5.74) is 5.23. The molecule has 3 N–H and O–H groups in total. The molecule has 4 heteroatoms. The van der Waals surface area contributed by atoms with Gasteiger partial charge in [0.15, 0.2) is 0 Å². The zero-order valence-electron chi connectivity index (χ0n) is 7.41. The molecule has 0 spiro atoms. The third kappa shape index (κ3) is 3.38. The largest absolute Gasteiger partial charge is 0.497 e. The summed E-state index contributed by atoms with van der Waals surface area (Å²) < 4.78 is 5.02. The SMILES string of the molecule is COc1ccc(SCC(=N)N)cc1. The fraction of sp³-hybridized carbons (Fsp3) is 0.222. The molecule has 70 valence electrons. The van der Waals surface area contributed by atoms with Crippen molar-refractivity contribution in [2.24, 2.45) is 5.73 Å². The van der Waals surface area contributed by atoms with Crippen molar-refractivity contribution >= 4 is 17.6 Å². The highest BCUT2D eigenvalue weighted by atomic mass is 32.2. The van der Waals surface area contributed by atoms with Gasteiger partial charge in [-0.15, -0.1) is 11.8 Å². The summed E-state index contributed by atoms with van der Waals surface area (Å²) in [5.74, 6) is 1.57. The van der Waals surface area contributed by atoms with E-state index in [-0.39, 0.29) is 5.84 Å². The van der Waals surface area contributed by atoms with Crippen LogP contribution in [0, 0.1) is 5.41 Å². The maximum absolute atomic E-state index is 7.05. The highest BCUT2D eigenvalue weighted by Crippen LogP contribution is 2.20. The highest BCUT2D eigenvalue weighted by Gasteiger charge is 1.95. The van der Waals surface area contributed by atoms with Gasteiger partial charge < -0.3 is 10.5 Å². The summed E-state index contributed by atoms with van der Waals surface area (Å²) in [5, 5.41) is 7.05. The number of nitrogens with two attached hydrogens (primary N) is 1. The van der Waals surface area contributed by atoms with E-state index in [0.717, 1.165) is 10.6 Å². The normalized spacial score (nSPS) is 9.62. The van der Waals surface area contributed by atoms with Crippen LogP contribution in [-0.4, -0.2) is 18.7 Å². The van der Waals surface area contributed by atoms with Crippen LogP contribution in [0.25, 0.3) is 0 Å². The number of hydrogen-bond acceptors (Lipinski definition) is 3.